The Morgan fingerprint density at radius 1 is 1.04 bits per heavy atom. The minimum absolute atomic E-state index is 0.754. The molecule has 4 nitrogen and oxygen atoms in total. The van der Waals surface area contributed by atoms with Crippen LogP contribution in [0, 0.1) is 0 Å². The van der Waals surface area contributed by atoms with Crippen molar-refractivity contribution in [1.82, 2.24) is 15.2 Å². The number of rotatable bonds is 6. The van der Waals surface area contributed by atoms with Gasteiger partial charge in [-0.15, -0.1) is 16.9 Å². The third kappa shape index (κ3) is 4.09. The van der Waals surface area contributed by atoms with Gasteiger partial charge in [0, 0.05) is 16.2 Å². The molecule has 0 fully saturated rings. The fourth-order valence-electron chi connectivity index (χ4n) is 2.06. The maximum absolute atomic E-state index is 5.16. The quantitative estimate of drug-likeness (QED) is 0.668. The molecule has 0 radical (unpaired) electrons. The standard InChI is InChI=1S/C17H17N3OS2/c1-21-14-7-5-13(6-8-14)16-18-17(20-19-16)23-11-12-3-9-15(22-2)10-4-12/h3-10H,11H2,1-2H3,(H,18,19,20). The van der Waals surface area contributed by atoms with Gasteiger partial charge in [-0.1, -0.05) is 23.9 Å². The first-order valence-corrected chi connectivity index (χ1v) is 9.32. The zero-order valence-electron chi connectivity index (χ0n) is 12.9. The number of aromatic amines is 1. The third-order valence-corrected chi connectivity index (χ3v) is 5.02. The number of nitrogens with one attached hydrogen (secondary N) is 1. The first-order valence-electron chi connectivity index (χ1n) is 7.11. The highest BCUT2D eigenvalue weighted by atomic mass is 32.2. The molecule has 0 aliphatic rings. The lowest BCUT2D eigenvalue weighted by atomic mass is 10.2. The first kappa shape index (κ1) is 16.0. The van der Waals surface area contributed by atoms with Crippen LogP contribution >= 0.6 is 23.5 Å². The average molecular weight is 343 g/mol. The summed E-state index contributed by atoms with van der Waals surface area (Å²) in [6.45, 7) is 0. The lowest BCUT2D eigenvalue weighted by molar-refractivity contribution is 0.415. The average Bonchev–Trinajstić information content (AvgIpc) is 3.09. The molecule has 23 heavy (non-hydrogen) atoms. The molecule has 1 heterocycles. The Kier molecular flexibility index (Phi) is 5.25. The van der Waals surface area contributed by atoms with Crippen molar-refractivity contribution >= 4 is 23.5 Å². The van der Waals surface area contributed by atoms with Gasteiger partial charge in [-0.2, -0.15) is 0 Å². The smallest absolute Gasteiger partial charge is 0.209 e. The highest BCUT2D eigenvalue weighted by Gasteiger charge is 2.07. The Balaban J connectivity index is 1.64. The molecule has 0 atom stereocenters. The van der Waals surface area contributed by atoms with E-state index in [2.05, 4.69) is 45.7 Å². The van der Waals surface area contributed by atoms with Crippen molar-refractivity contribution in [2.75, 3.05) is 13.4 Å². The van der Waals surface area contributed by atoms with Crippen molar-refractivity contribution < 1.29 is 4.74 Å². The van der Waals surface area contributed by atoms with Gasteiger partial charge in [0.2, 0.25) is 5.16 Å². The maximum Gasteiger partial charge on any atom is 0.209 e. The molecule has 0 aliphatic carbocycles. The monoisotopic (exact) mass is 343 g/mol. The fourth-order valence-corrected chi connectivity index (χ4v) is 3.22. The van der Waals surface area contributed by atoms with Gasteiger partial charge in [0.15, 0.2) is 5.82 Å². The summed E-state index contributed by atoms with van der Waals surface area (Å²) in [6.07, 6.45) is 2.08. The molecule has 0 spiro atoms. The normalized spacial score (nSPS) is 10.7. The van der Waals surface area contributed by atoms with E-state index >= 15 is 0 Å². The van der Waals surface area contributed by atoms with Crippen molar-refractivity contribution in [1.29, 1.82) is 0 Å². The zero-order chi connectivity index (χ0) is 16.1. The molecule has 0 amide bonds. The predicted molar refractivity (Wildman–Crippen MR) is 96.2 cm³/mol. The summed E-state index contributed by atoms with van der Waals surface area (Å²) in [6, 6.07) is 16.3. The van der Waals surface area contributed by atoms with Crippen molar-refractivity contribution in [2.45, 2.75) is 15.8 Å². The molecule has 6 heteroatoms. The summed E-state index contributed by atoms with van der Waals surface area (Å²) in [4.78, 5) is 5.81. The van der Waals surface area contributed by atoms with Crippen molar-refractivity contribution in [3.05, 3.63) is 54.1 Å². The molecular weight excluding hydrogens is 326 g/mol. The fraction of sp³-hybridized carbons (Fsp3) is 0.176. The number of ether oxygens (including phenoxy) is 1. The Hall–Kier alpha value is -1.92. The third-order valence-electron chi connectivity index (χ3n) is 3.36. The number of aromatic nitrogens is 3. The number of hydrogen-bond donors (Lipinski definition) is 1. The van der Waals surface area contributed by atoms with Gasteiger partial charge in [0.1, 0.15) is 5.75 Å². The summed E-state index contributed by atoms with van der Waals surface area (Å²) >= 11 is 3.38. The van der Waals surface area contributed by atoms with Crippen molar-refractivity contribution in [2.24, 2.45) is 0 Å². The highest BCUT2D eigenvalue weighted by molar-refractivity contribution is 7.98. The van der Waals surface area contributed by atoms with Gasteiger partial charge in [-0.3, -0.25) is 5.10 Å². The molecule has 0 unspecified atom stereocenters. The molecule has 3 rings (SSSR count). The van der Waals surface area contributed by atoms with Crippen LogP contribution in [-0.2, 0) is 5.75 Å². The van der Waals surface area contributed by atoms with E-state index in [9.17, 15) is 0 Å². The van der Waals surface area contributed by atoms with Gasteiger partial charge < -0.3 is 4.74 Å². The second-order valence-corrected chi connectivity index (χ2v) is 6.65. The molecule has 0 aliphatic heterocycles. The molecule has 0 saturated carbocycles. The lowest BCUT2D eigenvalue weighted by Crippen LogP contribution is -1.84. The van der Waals surface area contributed by atoms with E-state index < -0.39 is 0 Å². The Bertz CT molecular complexity index is 754. The van der Waals surface area contributed by atoms with Gasteiger partial charge in [0.25, 0.3) is 0 Å². The number of hydrogen-bond acceptors (Lipinski definition) is 5. The van der Waals surface area contributed by atoms with Crippen LogP contribution in [0.3, 0.4) is 0 Å². The molecule has 118 valence electrons. The van der Waals surface area contributed by atoms with Crippen LogP contribution in [0.15, 0.2) is 58.6 Å². The molecule has 1 aromatic heterocycles. The summed E-state index contributed by atoms with van der Waals surface area (Å²) in [5.41, 5.74) is 2.26. The van der Waals surface area contributed by atoms with E-state index in [1.165, 1.54) is 10.5 Å². The van der Waals surface area contributed by atoms with Crippen LogP contribution in [0.2, 0.25) is 0 Å². The summed E-state index contributed by atoms with van der Waals surface area (Å²) in [7, 11) is 1.66. The van der Waals surface area contributed by atoms with E-state index in [1.807, 2.05) is 24.3 Å². The largest absolute Gasteiger partial charge is 0.497 e. The van der Waals surface area contributed by atoms with E-state index in [0.29, 0.717) is 0 Å². The van der Waals surface area contributed by atoms with E-state index in [-0.39, 0.29) is 0 Å². The molecule has 2 aromatic carbocycles. The van der Waals surface area contributed by atoms with Gasteiger partial charge >= 0.3 is 0 Å². The minimum Gasteiger partial charge on any atom is -0.497 e. The second kappa shape index (κ2) is 7.57. The topological polar surface area (TPSA) is 50.8 Å². The van der Waals surface area contributed by atoms with Gasteiger partial charge in [-0.25, -0.2) is 4.98 Å². The van der Waals surface area contributed by atoms with Gasteiger partial charge in [0.05, 0.1) is 7.11 Å². The summed E-state index contributed by atoms with van der Waals surface area (Å²) in [5, 5.41) is 8.02. The van der Waals surface area contributed by atoms with Crippen molar-refractivity contribution in [3.8, 4) is 17.1 Å². The Labute approximate surface area is 144 Å². The molecule has 1 N–H and O–H groups in total. The van der Waals surface area contributed by atoms with Crippen LogP contribution in [0.1, 0.15) is 5.56 Å². The number of thioether (sulfide) groups is 2. The van der Waals surface area contributed by atoms with Crippen LogP contribution in [0.4, 0.5) is 0 Å². The minimum atomic E-state index is 0.754. The number of H-pyrrole nitrogens is 1. The Morgan fingerprint density at radius 2 is 1.78 bits per heavy atom. The van der Waals surface area contributed by atoms with Gasteiger partial charge in [-0.05, 0) is 48.2 Å². The molecule has 0 saturated heterocycles. The number of benzene rings is 2. The maximum atomic E-state index is 5.16. The Morgan fingerprint density at radius 3 is 2.43 bits per heavy atom. The van der Waals surface area contributed by atoms with E-state index in [1.54, 1.807) is 30.6 Å². The van der Waals surface area contributed by atoms with Crippen LogP contribution in [0.25, 0.3) is 11.4 Å². The van der Waals surface area contributed by atoms with Crippen LogP contribution < -0.4 is 4.74 Å². The van der Waals surface area contributed by atoms with Crippen molar-refractivity contribution in [3.63, 3.8) is 0 Å². The number of methoxy groups -OCH3 is 1. The second-order valence-electron chi connectivity index (χ2n) is 4.83. The highest BCUT2D eigenvalue weighted by Crippen LogP contribution is 2.24. The zero-order valence-corrected chi connectivity index (χ0v) is 14.6. The molecule has 0 bridgehead atoms. The summed E-state index contributed by atoms with van der Waals surface area (Å²) in [5.74, 6) is 2.46. The van der Waals surface area contributed by atoms with E-state index in [4.69, 9.17) is 4.74 Å². The van der Waals surface area contributed by atoms with Crippen LogP contribution in [-0.4, -0.2) is 28.5 Å². The van der Waals surface area contributed by atoms with Crippen LogP contribution in [0.5, 0.6) is 5.75 Å². The predicted octanol–water partition coefficient (Wildman–Crippen LogP) is 4.49. The number of nitrogens with zero attached hydrogens (tertiary/aromatic N) is 2. The van der Waals surface area contributed by atoms with E-state index in [0.717, 1.165) is 28.0 Å². The molecule has 3 aromatic rings. The SMILES string of the molecule is COc1ccc(-c2nc(SCc3ccc(SC)cc3)n[nH]2)cc1. The lowest BCUT2D eigenvalue weighted by Gasteiger charge is -2.00. The first-order chi connectivity index (χ1) is 11.3. The summed E-state index contributed by atoms with van der Waals surface area (Å²) < 4.78 is 5.16. The molecular formula is C17H17N3OS2.